The molecule has 1 saturated carbocycles. The molecule has 4 N–H and O–H groups in total. The molecule has 1 fully saturated rings. The predicted octanol–water partition coefficient (Wildman–Crippen LogP) is 1.83. The summed E-state index contributed by atoms with van der Waals surface area (Å²) in [6.45, 7) is 2.22. The third kappa shape index (κ3) is 4.15. The predicted molar refractivity (Wildman–Crippen MR) is 78.8 cm³/mol. The number of nitrogens with one attached hydrogen (secondary N) is 1. The van der Waals surface area contributed by atoms with Gasteiger partial charge in [-0.15, -0.1) is 0 Å². The van der Waals surface area contributed by atoms with Crippen LogP contribution in [-0.4, -0.2) is 31.3 Å². The van der Waals surface area contributed by atoms with Gasteiger partial charge in [-0.2, -0.15) is 0 Å². The Hall–Kier alpha value is -1.66. The number of rotatable bonds is 8. The minimum Gasteiger partial charge on any atom is -0.409 e. The molecule has 0 amide bonds. The third-order valence-electron chi connectivity index (χ3n) is 4.06. The molecule has 1 aliphatic rings. The van der Waals surface area contributed by atoms with Crippen LogP contribution in [-0.2, 0) is 11.3 Å². The van der Waals surface area contributed by atoms with Gasteiger partial charge in [0.1, 0.15) is 5.82 Å². The zero-order valence-electron chi connectivity index (χ0n) is 12.2. The van der Waals surface area contributed by atoms with Crippen molar-refractivity contribution in [2.45, 2.75) is 25.8 Å². The first-order chi connectivity index (χ1) is 10.1. The van der Waals surface area contributed by atoms with Gasteiger partial charge in [0.25, 0.3) is 0 Å². The van der Waals surface area contributed by atoms with Crippen LogP contribution in [0.2, 0.25) is 0 Å². The number of nitrogens with zero attached hydrogens (tertiary/aromatic N) is 1. The standard InChI is InChI=1S/C15H22FN3O2/c1-21-7-6-15(4-5-15)10-18-9-11-2-3-12(16)8-13(11)14(17)19-20/h2-3,8,18,20H,4-7,9-10H2,1H3,(H2,17,19). The smallest absolute Gasteiger partial charge is 0.170 e. The molecule has 5 nitrogen and oxygen atoms in total. The summed E-state index contributed by atoms with van der Waals surface area (Å²) in [7, 11) is 1.71. The van der Waals surface area contributed by atoms with Gasteiger partial charge >= 0.3 is 0 Å². The molecule has 1 aromatic carbocycles. The summed E-state index contributed by atoms with van der Waals surface area (Å²) in [5, 5.41) is 15.1. The van der Waals surface area contributed by atoms with E-state index in [0.29, 0.717) is 17.5 Å². The van der Waals surface area contributed by atoms with E-state index in [1.807, 2.05) is 0 Å². The summed E-state index contributed by atoms with van der Waals surface area (Å²) >= 11 is 0. The van der Waals surface area contributed by atoms with Crippen molar-refractivity contribution in [3.63, 3.8) is 0 Å². The van der Waals surface area contributed by atoms with E-state index in [1.165, 1.54) is 25.0 Å². The number of hydrogen-bond acceptors (Lipinski definition) is 4. The van der Waals surface area contributed by atoms with E-state index in [2.05, 4.69) is 10.5 Å². The van der Waals surface area contributed by atoms with Crippen molar-refractivity contribution in [2.24, 2.45) is 16.3 Å². The van der Waals surface area contributed by atoms with Crippen LogP contribution in [0.5, 0.6) is 0 Å². The van der Waals surface area contributed by atoms with Crippen LogP contribution in [0.3, 0.4) is 0 Å². The summed E-state index contributed by atoms with van der Waals surface area (Å²) < 4.78 is 18.4. The molecule has 0 saturated heterocycles. The van der Waals surface area contributed by atoms with Crippen molar-refractivity contribution in [1.82, 2.24) is 5.32 Å². The fourth-order valence-corrected chi connectivity index (χ4v) is 2.47. The second kappa shape index (κ2) is 6.87. The number of halogens is 1. The van der Waals surface area contributed by atoms with E-state index in [9.17, 15) is 4.39 Å². The zero-order chi connectivity index (χ0) is 15.3. The molecule has 0 bridgehead atoms. The Kier molecular flexibility index (Phi) is 5.14. The highest BCUT2D eigenvalue weighted by molar-refractivity contribution is 5.98. The number of oxime groups is 1. The Labute approximate surface area is 124 Å². The lowest BCUT2D eigenvalue weighted by Crippen LogP contribution is -2.26. The number of nitrogens with two attached hydrogens (primary N) is 1. The minimum absolute atomic E-state index is 0.0770. The molecule has 0 heterocycles. The zero-order valence-corrected chi connectivity index (χ0v) is 12.2. The highest BCUT2D eigenvalue weighted by Gasteiger charge is 2.41. The largest absolute Gasteiger partial charge is 0.409 e. The molecule has 0 unspecified atom stereocenters. The van der Waals surface area contributed by atoms with Crippen LogP contribution in [0, 0.1) is 11.2 Å². The molecule has 1 aliphatic carbocycles. The Morgan fingerprint density at radius 1 is 1.52 bits per heavy atom. The quantitative estimate of drug-likeness (QED) is 0.296. The Balaban J connectivity index is 1.94. The van der Waals surface area contributed by atoms with Gasteiger partial charge in [-0.05, 0) is 42.4 Å². The molecule has 0 spiro atoms. The molecule has 6 heteroatoms. The van der Waals surface area contributed by atoms with Crippen molar-refractivity contribution in [2.75, 3.05) is 20.3 Å². The van der Waals surface area contributed by atoms with E-state index >= 15 is 0 Å². The number of ether oxygens (including phenoxy) is 1. The van der Waals surface area contributed by atoms with Crippen molar-refractivity contribution in [1.29, 1.82) is 0 Å². The Morgan fingerprint density at radius 2 is 2.29 bits per heavy atom. The number of hydrogen-bond donors (Lipinski definition) is 3. The van der Waals surface area contributed by atoms with E-state index < -0.39 is 5.82 Å². The van der Waals surface area contributed by atoms with Gasteiger partial charge in [0.2, 0.25) is 0 Å². The fraction of sp³-hybridized carbons (Fsp3) is 0.533. The SMILES string of the molecule is COCCC1(CNCc2ccc(F)cc2/C(N)=N/O)CC1. The van der Waals surface area contributed by atoms with E-state index in [0.717, 1.165) is 25.1 Å². The lowest BCUT2D eigenvalue weighted by atomic mass is 10.0. The maximum Gasteiger partial charge on any atom is 0.170 e. The lowest BCUT2D eigenvalue weighted by Gasteiger charge is -2.16. The summed E-state index contributed by atoms with van der Waals surface area (Å²) in [5.41, 5.74) is 7.17. The van der Waals surface area contributed by atoms with E-state index in [-0.39, 0.29) is 5.84 Å². The molecule has 21 heavy (non-hydrogen) atoms. The van der Waals surface area contributed by atoms with Crippen LogP contribution in [0.25, 0.3) is 0 Å². The van der Waals surface area contributed by atoms with E-state index in [1.54, 1.807) is 13.2 Å². The molecular weight excluding hydrogens is 273 g/mol. The molecule has 0 aliphatic heterocycles. The summed E-state index contributed by atoms with van der Waals surface area (Å²) in [4.78, 5) is 0. The molecule has 116 valence electrons. The molecule has 0 radical (unpaired) electrons. The maximum absolute atomic E-state index is 13.3. The van der Waals surface area contributed by atoms with Gasteiger partial charge in [0.05, 0.1) is 0 Å². The van der Waals surface area contributed by atoms with Crippen LogP contribution < -0.4 is 11.1 Å². The second-order valence-electron chi connectivity index (χ2n) is 5.63. The third-order valence-corrected chi connectivity index (χ3v) is 4.06. The minimum atomic E-state index is -0.404. The van der Waals surface area contributed by atoms with Crippen molar-refractivity contribution >= 4 is 5.84 Å². The monoisotopic (exact) mass is 295 g/mol. The Bertz CT molecular complexity index is 516. The highest BCUT2D eigenvalue weighted by Crippen LogP contribution is 2.48. The summed E-state index contributed by atoms with van der Waals surface area (Å²) in [5.74, 6) is -0.481. The normalized spacial score (nSPS) is 17.0. The van der Waals surface area contributed by atoms with Gasteiger partial charge in [0.15, 0.2) is 5.84 Å². The average Bonchev–Trinajstić information content (AvgIpc) is 3.26. The molecular formula is C15H22FN3O2. The van der Waals surface area contributed by atoms with Crippen LogP contribution >= 0.6 is 0 Å². The number of methoxy groups -OCH3 is 1. The second-order valence-corrected chi connectivity index (χ2v) is 5.63. The van der Waals surface area contributed by atoms with Gasteiger partial charge in [0, 0.05) is 32.4 Å². The van der Waals surface area contributed by atoms with Crippen molar-refractivity contribution < 1.29 is 14.3 Å². The number of amidine groups is 1. The van der Waals surface area contributed by atoms with Gasteiger partial charge < -0.3 is 21.0 Å². The Morgan fingerprint density at radius 3 is 2.90 bits per heavy atom. The van der Waals surface area contributed by atoms with Crippen molar-refractivity contribution in [3.8, 4) is 0 Å². The highest BCUT2D eigenvalue weighted by atomic mass is 19.1. The van der Waals surface area contributed by atoms with Crippen LogP contribution in [0.4, 0.5) is 4.39 Å². The number of benzene rings is 1. The summed E-state index contributed by atoms with van der Waals surface area (Å²) in [6.07, 6.45) is 3.47. The molecule has 0 atom stereocenters. The summed E-state index contributed by atoms with van der Waals surface area (Å²) in [6, 6.07) is 4.32. The van der Waals surface area contributed by atoms with E-state index in [4.69, 9.17) is 15.7 Å². The van der Waals surface area contributed by atoms with Crippen LogP contribution in [0.15, 0.2) is 23.4 Å². The average molecular weight is 295 g/mol. The maximum atomic E-state index is 13.3. The van der Waals surface area contributed by atoms with Gasteiger partial charge in [-0.1, -0.05) is 11.2 Å². The first-order valence-corrected chi connectivity index (χ1v) is 7.06. The van der Waals surface area contributed by atoms with Gasteiger partial charge in [-0.25, -0.2) is 4.39 Å². The first kappa shape index (κ1) is 15.7. The lowest BCUT2D eigenvalue weighted by molar-refractivity contribution is 0.171. The topological polar surface area (TPSA) is 79.9 Å². The molecule has 2 rings (SSSR count). The van der Waals surface area contributed by atoms with Crippen molar-refractivity contribution in [3.05, 3.63) is 35.1 Å². The fourth-order valence-electron chi connectivity index (χ4n) is 2.47. The molecule has 1 aromatic rings. The first-order valence-electron chi connectivity index (χ1n) is 7.06. The van der Waals surface area contributed by atoms with Gasteiger partial charge in [-0.3, -0.25) is 0 Å². The molecule has 0 aromatic heterocycles. The van der Waals surface area contributed by atoms with Crippen LogP contribution in [0.1, 0.15) is 30.4 Å².